The highest BCUT2D eigenvalue weighted by Gasteiger charge is 2.17. The first-order valence-corrected chi connectivity index (χ1v) is 6.02. The van der Waals surface area contributed by atoms with Crippen molar-refractivity contribution in [3.63, 3.8) is 0 Å². The third kappa shape index (κ3) is 3.44. The van der Waals surface area contributed by atoms with Gasteiger partial charge in [0.2, 0.25) is 0 Å². The molecule has 0 radical (unpaired) electrons. The van der Waals surface area contributed by atoms with Gasteiger partial charge in [0.1, 0.15) is 11.5 Å². The molecule has 1 atom stereocenters. The Labute approximate surface area is 103 Å². The van der Waals surface area contributed by atoms with Crippen molar-refractivity contribution in [2.75, 3.05) is 19.4 Å². The van der Waals surface area contributed by atoms with Crippen molar-refractivity contribution in [3.8, 4) is 0 Å². The molecule has 0 spiro atoms. The average Bonchev–Trinajstić information content (AvgIpc) is 2.37. The van der Waals surface area contributed by atoms with Gasteiger partial charge in [-0.3, -0.25) is 4.79 Å². The second-order valence-electron chi connectivity index (χ2n) is 4.21. The molecule has 0 aliphatic carbocycles. The number of pyridine rings is 1. The van der Waals surface area contributed by atoms with E-state index in [9.17, 15) is 4.79 Å². The van der Waals surface area contributed by atoms with Crippen molar-refractivity contribution in [2.24, 2.45) is 0 Å². The van der Waals surface area contributed by atoms with E-state index in [0.717, 1.165) is 12.8 Å². The molecule has 0 saturated heterocycles. The first kappa shape index (κ1) is 13.5. The standard InChI is InChI=1S/C13H21N3O/c1-5-7-10(2)16(4)13(17)11-8-6-9-12(14-3)15-11/h6,8-10H,5,7H2,1-4H3,(H,14,15). The maximum absolute atomic E-state index is 12.2. The monoisotopic (exact) mass is 235 g/mol. The minimum atomic E-state index is -0.0250. The molecule has 1 aromatic rings. The molecule has 1 heterocycles. The zero-order valence-corrected chi connectivity index (χ0v) is 11.0. The topological polar surface area (TPSA) is 45.2 Å². The SMILES string of the molecule is CCCC(C)N(C)C(=O)c1cccc(NC)n1. The van der Waals surface area contributed by atoms with Gasteiger partial charge < -0.3 is 10.2 Å². The van der Waals surface area contributed by atoms with Crippen LogP contribution in [0, 0.1) is 0 Å². The van der Waals surface area contributed by atoms with Crippen LogP contribution < -0.4 is 5.32 Å². The van der Waals surface area contributed by atoms with E-state index in [1.54, 1.807) is 18.0 Å². The second-order valence-corrected chi connectivity index (χ2v) is 4.21. The van der Waals surface area contributed by atoms with Crippen molar-refractivity contribution >= 4 is 11.7 Å². The normalized spacial score (nSPS) is 12.0. The molecule has 0 aliphatic heterocycles. The summed E-state index contributed by atoms with van der Waals surface area (Å²) in [5.74, 6) is 0.690. The van der Waals surface area contributed by atoms with Gasteiger partial charge in [0.05, 0.1) is 0 Å². The van der Waals surface area contributed by atoms with Gasteiger partial charge in [-0.25, -0.2) is 4.98 Å². The number of amides is 1. The lowest BCUT2D eigenvalue weighted by Crippen LogP contribution is -2.35. The summed E-state index contributed by atoms with van der Waals surface area (Å²) in [6, 6.07) is 5.67. The van der Waals surface area contributed by atoms with E-state index in [1.165, 1.54) is 0 Å². The third-order valence-electron chi connectivity index (χ3n) is 2.91. The molecule has 0 aliphatic rings. The molecule has 0 bridgehead atoms. The molecule has 1 amide bonds. The molecule has 0 saturated carbocycles. The highest BCUT2D eigenvalue weighted by atomic mass is 16.2. The quantitative estimate of drug-likeness (QED) is 0.852. The minimum absolute atomic E-state index is 0.0250. The van der Waals surface area contributed by atoms with Crippen LogP contribution in [0.3, 0.4) is 0 Å². The van der Waals surface area contributed by atoms with Crippen molar-refractivity contribution < 1.29 is 4.79 Å². The van der Waals surface area contributed by atoms with Gasteiger partial charge >= 0.3 is 0 Å². The highest BCUT2D eigenvalue weighted by Crippen LogP contribution is 2.10. The van der Waals surface area contributed by atoms with Crippen LogP contribution in [0.1, 0.15) is 37.2 Å². The Hall–Kier alpha value is -1.58. The maximum Gasteiger partial charge on any atom is 0.272 e. The van der Waals surface area contributed by atoms with Crippen LogP contribution in [-0.4, -0.2) is 35.9 Å². The Kier molecular flexibility index (Phi) is 4.94. The Morgan fingerprint density at radius 1 is 1.53 bits per heavy atom. The van der Waals surface area contributed by atoms with Crippen LogP contribution in [0.25, 0.3) is 0 Å². The van der Waals surface area contributed by atoms with Crippen molar-refractivity contribution in [1.29, 1.82) is 0 Å². The summed E-state index contributed by atoms with van der Waals surface area (Å²) in [4.78, 5) is 18.2. The number of anilines is 1. The molecule has 1 unspecified atom stereocenters. The largest absolute Gasteiger partial charge is 0.373 e. The van der Waals surface area contributed by atoms with Crippen LogP contribution in [0.15, 0.2) is 18.2 Å². The Bertz CT molecular complexity index is 379. The molecule has 1 N–H and O–H groups in total. The minimum Gasteiger partial charge on any atom is -0.373 e. The lowest BCUT2D eigenvalue weighted by atomic mass is 10.1. The second kappa shape index (κ2) is 6.23. The molecular weight excluding hydrogens is 214 g/mol. The predicted molar refractivity (Wildman–Crippen MR) is 70.2 cm³/mol. The first-order valence-electron chi connectivity index (χ1n) is 6.02. The number of nitrogens with one attached hydrogen (secondary N) is 1. The molecule has 0 aromatic carbocycles. The van der Waals surface area contributed by atoms with Gasteiger partial charge in [-0.05, 0) is 25.5 Å². The molecule has 17 heavy (non-hydrogen) atoms. The lowest BCUT2D eigenvalue weighted by molar-refractivity contribution is 0.0731. The molecule has 0 fully saturated rings. The molecular formula is C13H21N3O. The van der Waals surface area contributed by atoms with Crippen LogP contribution >= 0.6 is 0 Å². The number of carbonyl (C=O) groups excluding carboxylic acids is 1. The van der Waals surface area contributed by atoms with Crippen LogP contribution in [0.4, 0.5) is 5.82 Å². The zero-order valence-electron chi connectivity index (χ0n) is 11.0. The van der Waals surface area contributed by atoms with Gasteiger partial charge in [-0.1, -0.05) is 19.4 Å². The van der Waals surface area contributed by atoms with E-state index in [1.807, 2.05) is 19.2 Å². The molecule has 4 heteroatoms. The third-order valence-corrected chi connectivity index (χ3v) is 2.91. The maximum atomic E-state index is 12.2. The summed E-state index contributed by atoms with van der Waals surface area (Å²) >= 11 is 0. The molecule has 4 nitrogen and oxygen atoms in total. The zero-order chi connectivity index (χ0) is 12.8. The first-order chi connectivity index (χ1) is 8.10. The lowest BCUT2D eigenvalue weighted by Gasteiger charge is -2.24. The van der Waals surface area contributed by atoms with Crippen LogP contribution in [-0.2, 0) is 0 Å². The van der Waals surface area contributed by atoms with Crippen LogP contribution in [0.5, 0.6) is 0 Å². The van der Waals surface area contributed by atoms with Crippen molar-refractivity contribution in [2.45, 2.75) is 32.7 Å². The summed E-state index contributed by atoms with van der Waals surface area (Å²) < 4.78 is 0. The van der Waals surface area contributed by atoms with Gasteiger partial charge in [-0.2, -0.15) is 0 Å². The Morgan fingerprint density at radius 3 is 2.82 bits per heavy atom. The van der Waals surface area contributed by atoms with Crippen molar-refractivity contribution in [3.05, 3.63) is 23.9 Å². The summed E-state index contributed by atoms with van der Waals surface area (Å²) in [6.07, 6.45) is 2.08. The average molecular weight is 235 g/mol. The Balaban J connectivity index is 2.80. The summed E-state index contributed by atoms with van der Waals surface area (Å²) in [5, 5.41) is 2.93. The smallest absolute Gasteiger partial charge is 0.272 e. The molecule has 1 aromatic heterocycles. The summed E-state index contributed by atoms with van der Waals surface area (Å²) in [6.45, 7) is 4.18. The van der Waals surface area contributed by atoms with E-state index in [0.29, 0.717) is 11.5 Å². The number of rotatable bonds is 5. The summed E-state index contributed by atoms with van der Waals surface area (Å²) in [5.41, 5.74) is 0.488. The van der Waals surface area contributed by atoms with E-state index in [4.69, 9.17) is 0 Å². The van der Waals surface area contributed by atoms with E-state index in [2.05, 4.69) is 24.1 Å². The fraction of sp³-hybridized carbons (Fsp3) is 0.538. The van der Waals surface area contributed by atoms with Gasteiger partial charge in [0.25, 0.3) is 5.91 Å². The Morgan fingerprint density at radius 2 is 2.24 bits per heavy atom. The fourth-order valence-electron chi connectivity index (χ4n) is 1.69. The number of nitrogens with zero attached hydrogens (tertiary/aromatic N) is 2. The highest BCUT2D eigenvalue weighted by molar-refractivity contribution is 5.92. The van der Waals surface area contributed by atoms with Crippen LogP contribution in [0.2, 0.25) is 0 Å². The van der Waals surface area contributed by atoms with Crippen molar-refractivity contribution in [1.82, 2.24) is 9.88 Å². The predicted octanol–water partition coefficient (Wildman–Crippen LogP) is 2.38. The fourth-order valence-corrected chi connectivity index (χ4v) is 1.69. The number of hydrogen-bond acceptors (Lipinski definition) is 3. The van der Waals surface area contributed by atoms with E-state index >= 15 is 0 Å². The number of aromatic nitrogens is 1. The molecule has 1 rings (SSSR count). The van der Waals surface area contributed by atoms with Gasteiger partial charge in [0, 0.05) is 20.1 Å². The van der Waals surface area contributed by atoms with Gasteiger partial charge in [-0.15, -0.1) is 0 Å². The van der Waals surface area contributed by atoms with E-state index in [-0.39, 0.29) is 11.9 Å². The number of carbonyl (C=O) groups is 1. The molecule has 94 valence electrons. The van der Waals surface area contributed by atoms with E-state index < -0.39 is 0 Å². The summed E-state index contributed by atoms with van der Waals surface area (Å²) in [7, 11) is 3.62. The number of hydrogen-bond donors (Lipinski definition) is 1. The van der Waals surface area contributed by atoms with Gasteiger partial charge in [0.15, 0.2) is 0 Å².